The number of anilines is 2. The molecule has 0 bridgehead atoms. The third-order valence-corrected chi connectivity index (χ3v) is 22.4. The molecule has 15 rings (SSSR count). The Balaban J connectivity index is 0.000000231. The van der Waals surface area contributed by atoms with Crippen LogP contribution in [0.25, 0.3) is 0 Å². The van der Waals surface area contributed by atoms with Crippen LogP contribution in [0.4, 0.5) is 20.2 Å². The Bertz CT molecular complexity index is 4920. The molecule has 20 heteroatoms. The minimum absolute atomic E-state index is 0.0410. The van der Waals surface area contributed by atoms with Crippen LogP contribution in [0.3, 0.4) is 0 Å². The molecule has 4 aliphatic heterocycles. The lowest BCUT2D eigenvalue weighted by Gasteiger charge is -2.48. The highest BCUT2D eigenvalue weighted by Gasteiger charge is 2.53. The predicted octanol–water partition coefficient (Wildman–Crippen LogP) is 15.0. The van der Waals surface area contributed by atoms with Crippen molar-refractivity contribution in [3.63, 3.8) is 0 Å². The van der Waals surface area contributed by atoms with Crippen molar-refractivity contribution in [3.05, 3.63) is 370 Å². The van der Waals surface area contributed by atoms with Gasteiger partial charge in [0.1, 0.15) is 78.6 Å². The Hall–Kier alpha value is -10.7. The Morgan fingerprint density at radius 3 is 1.21 bits per heavy atom. The SMILES string of the molecule is O=C1[C@H](CC[C@H](O)c2ccc(F)cc2)[C@@H](c2ccc(C[C@@H]3OC(CO)[C@@H](O)C(O)[C@@H]3O)cc2O)N1c1ccccc1.O=C1[C@H](CC[C@H](O)c2ccc(F)cc2)[C@@H](c2ccc(C[C@@H]3OC(COCc4ccccc4)[C@@H](OCc4ccccc4)C(OCc4ccccc4)[C@@H]3OCc3ccccc3)cc2OCc2ccccc2)N1c1ccccc1. The van der Waals surface area contributed by atoms with E-state index in [9.17, 15) is 54.1 Å². The fourth-order valence-corrected chi connectivity index (χ4v) is 16.1. The number of amides is 2. The van der Waals surface area contributed by atoms with Crippen molar-refractivity contribution in [2.75, 3.05) is 23.0 Å². The molecule has 4 unspecified atom stereocenters. The molecule has 11 aromatic rings. The fraction of sp³-hybridized carbons (Fsp3) is 0.299. The number of ether oxygens (including phenoxy) is 7. The van der Waals surface area contributed by atoms with Crippen molar-refractivity contribution < 1.29 is 87.3 Å². The van der Waals surface area contributed by atoms with Crippen LogP contribution in [0, 0.1) is 23.5 Å². The zero-order valence-electron chi connectivity index (χ0n) is 64.7. The highest BCUT2D eigenvalue weighted by Crippen LogP contribution is 2.51. The maximum atomic E-state index is 14.4. The van der Waals surface area contributed by atoms with E-state index in [4.69, 9.17) is 33.2 Å². The molecule has 4 fully saturated rings. The third-order valence-electron chi connectivity index (χ3n) is 22.4. The first kappa shape index (κ1) is 82.9. The lowest BCUT2D eigenvalue weighted by atomic mass is 9.77. The summed E-state index contributed by atoms with van der Waals surface area (Å²) in [5.41, 5.74) is 10.5. The lowest BCUT2D eigenvalue weighted by Crippen LogP contribution is -2.61. The number of aromatic hydroxyl groups is 1. The molecule has 7 N–H and O–H groups in total. The number of rotatable bonds is 33. The van der Waals surface area contributed by atoms with Gasteiger partial charge in [0, 0.05) is 35.3 Å². The van der Waals surface area contributed by atoms with E-state index in [1.54, 1.807) is 41.3 Å². The molecule has 2 amide bonds. The Morgan fingerprint density at radius 1 is 0.385 bits per heavy atom. The van der Waals surface area contributed by atoms with E-state index in [0.29, 0.717) is 85.8 Å². The molecule has 18 nitrogen and oxygen atoms in total. The van der Waals surface area contributed by atoms with Crippen molar-refractivity contribution in [3.8, 4) is 11.5 Å². The Morgan fingerprint density at radius 2 is 0.761 bits per heavy atom. The zero-order chi connectivity index (χ0) is 81.2. The number of benzene rings is 11. The molecule has 11 aromatic carbocycles. The maximum Gasteiger partial charge on any atom is 0.233 e. The molecule has 0 spiro atoms. The smallest absolute Gasteiger partial charge is 0.233 e. The molecule has 606 valence electrons. The summed E-state index contributed by atoms with van der Waals surface area (Å²) in [6, 6.07) is 90.9. The second-order valence-corrected chi connectivity index (χ2v) is 30.3. The first-order valence-corrected chi connectivity index (χ1v) is 39.9. The molecule has 0 aromatic heterocycles. The number of aliphatic hydroxyl groups is 6. The number of hydrogen-bond acceptors (Lipinski definition) is 16. The van der Waals surface area contributed by atoms with E-state index >= 15 is 0 Å². The number of hydrogen-bond donors (Lipinski definition) is 7. The van der Waals surface area contributed by atoms with Gasteiger partial charge >= 0.3 is 0 Å². The van der Waals surface area contributed by atoms with Crippen LogP contribution in [0.5, 0.6) is 11.5 Å². The van der Waals surface area contributed by atoms with Crippen molar-refractivity contribution in [2.24, 2.45) is 11.8 Å². The van der Waals surface area contributed by atoms with Crippen molar-refractivity contribution in [1.29, 1.82) is 0 Å². The third kappa shape index (κ3) is 20.7. The van der Waals surface area contributed by atoms with Crippen LogP contribution < -0.4 is 14.5 Å². The van der Waals surface area contributed by atoms with Crippen LogP contribution in [0.15, 0.2) is 297 Å². The van der Waals surface area contributed by atoms with Gasteiger partial charge in [-0.2, -0.15) is 0 Å². The zero-order valence-corrected chi connectivity index (χ0v) is 64.7. The number of carbonyl (C=O) groups is 2. The topological polar surface area (TPSA) is 247 Å². The van der Waals surface area contributed by atoms with E-state index in [0.717, 1.165) is 44.6 Å². The monoisotopic (exact) mass is 1580 g/mol. The molecular weight excluding hydrogens is 1490 g/mol. The molecule has 4 aliphatic rings. The highest BCUT2D eigenvalue weighted by atomic mass is 19.1. The van der Waals surface area contributed by atoms with Gasteiger partial charge in [-0.15, -0.1) is 0 Å². The van der Waals surface area contributed by atoms with Crippen molar-refractivity contribution in [1.82, 2.24) is 0 Å². The van der Waals surface area contributed by atoms with Crippen LogP contribution in [0.2, 0.25) is 0 Å². The Labute approximate surface area is 680 Å². The first-order chi connectivity index (χ1) is 57.1. The molecular formula is C97H98F2N2O16. The highest BCUT2D eigenvalue weighted by molar-refractivity contribution is 6.04. The molecule has 0 aliphatic carbocycles. The summed E-state index contributed by atoms with van der Waals surface area (Å²) in [7, 11) is 0. The van der Waals surface area contributed by atoms with E-state index in [1.165, 1.54) is 42.5 Å². The molecule has 4 heterocycles. The maximum absolute atomic E-state index is 14.4. The van der Waals surface area contributed by atoms with Gasteiger partial charge in [0.05, 0.1) is 88.0 Å². The van der Waals surface area contributed by atoms with Gasteiger partial charge in [-0.1, -0.05) is 237 Å². The summed E-state index contributed by atoms with van der Waals surface area (Å²) in [6.07, 6.45) is -9.19. The number of β-lactam (4-membered cyclic amide) rings is 2. The minimum atomic E-state index is -1.50. The molecule has 0 saturated carbocycles. The summed E-state index contributed by atoms with van der Waals surface area (Å²) >= 11 is 0. The van der Waals surface area contributed by atoms with Crippen LogP contribution in [0.1, 0.15) is 111 Å². The normalized spacial score (nSPS) is 23.5. The molecule has 0 radical (unpaired) electrons. The number of para-hydroxylation sites is 2. The van der Waals surface area contributed by atoms with Gasteiger partial charge < -0.3 is 78.7 Å². The van der Waals surface area contributed by atoms with Gasteiger partial charge in [0.15, 0.2) is 0 Å². The lowest BCUT2D eigenvalue weighted by molar-refractivity contribution is -0.272. The van der Waals surface area contributed by atoms with E-state index < -0.39 is 110 Å². The number of carbonyl (C=O) groups excluding carboxylic acids is 2. The molecule has 117 heavy (non-hydrogen) atoms. The number of phenolic OH excluding ortho intramolecular Hbond substituents is 1. The van der Waals surface area contributed by atoms with Crippen molar-refractivity contribution >= 4 is 23.2 Å². The second-order valence-electron chi connectivity index (χ2n) is 30.3. The van der Waals surface area contributed by atoms with E-state index in [2.05, 4.69) is 54.6 Å². The van der Waals surface area contributed by atoms with Crippen LogP contribution in [-0.2, 0) is 83.9 Å². The average Bonchev–Trinajstić information content (AvgIpc) is 0.738. The number of halogens is 2. The van der Waals surface area contributed by atoms with Crippen molar-refractivity contribution in [2.45, 2.75) is 157 Å². The second kappa shape index (κ2) is 40.0. The summed E-state index contributed by atoms with van der Waals surface area (Å²) < 4.78 is 74.6. The average molecular weight is 1590 g/mol. The predicted molar refractivity (Wildman–Crippen MR) is 438 cm³/mol. The number of phenols is 1. The minimum Gasteiger partial charge on any atom is -0.508 e. The standard InChI is InChI=1S/C66H64FNO8.C31H34FNO8/c67-54-34-32-53(33-35-54)58(69)38-37-57-62(68(66(57)70)55-29-17-6-18-30-55)56-36-31-52(39-59(56)72-42-48-21-9-2-10-22-48)40-60-63(73-43-49-23-11-3-12-24-49)65(75-45-51-27-15-5-16-28-51)64(74-44-50-25-13-4-14-26-50)61(76-60)46-71-41-47-19-7-1-8-20-47;32-19-9-7-18(8-10-19)23(35)13-12-22-27(33(31(22)40)20-4-2-1-3-5-20)21-11-6-17(14-24(21)36)15-25-28(37)30(39)29(38)26(16-34)41-25/h1-36,39,57-58,60-65,69H,37-38,40-46H2;1-11,14,22-23,25-30,34-39H,12-13,15-16H2/t57-,58+,60+,61?,62-,63-,64-,65?;22-,23+,25+,26?,27-,28-,29-,30?/m11/s1. The first-order valence-electron chi connectivity index (χ1n) is 39.9. The van der Waals surface area contributed by atoms with Crippen LogP contribution in [-0.4, -0.2) is 122 Å². The summed E-state index contributed by atoms with van der Waals surface area (Å²) in [4.78, 5) is 31.2. The van der Waals surface area contributed by atoms with Gasteiger partial charge in [-0.25, -0.2) is 8.78 Å². The molecule has 16 atom stereocenters. The van der Waals surface area contributed by atoms with Gasteiger partial charge in [0.2, 0.25) is 11.8 Å². The summed E-state index contributed by atoms with van der Waals surface area (Å²) in [6.45, 7) is 1.32. The van der Waals surface area contributed by atoms with Gasteiger partial charge in [-0.3, -0.25) is 9.59 Å². The number of nitrogens with zero attached hydrogens (tertiary/aromatic N) is 2. The van der Waals surface area contributed by atoms with Gasteiger partial charge in [0.25, 0.3) is 0 Å². The van der Waals surface area contributed by atoms with E-state index in [1.807, 2.05) is 169 Å². The Kier molecular flexibility index (Phi) is 28.3. The van der Waals surface area contributed by atoms with Crippen LogP contribution >= 0.6 is 0 Å². The van der Waals surface area contributed by atoms with Gasteiger partial charge in [-0.05, 0) is 136 Å². The quantitative estimate of drug-likeness (QED) is 0.0189. The summed E-state index contributed by atoms with van der Waals surface area (Å²) in [5.74, 6) is -1.39. The fourth-order valence-electron chi connectivity index (χ4n) is 16.1. The largest absolute Gasteiger partial charge is 0.508 e. The molecule has 4 saturated heterocycles. The number of aliphatic hydroxyl groups excluding tert-OH is 6. The summed E-state index contributed by atoms with van der Waals surface area (Å²) in [5, 5.41) is 73.1. The van der Waals surface area contributed by atoms with E-state index in [-0.39, 0.29) is 49.4 Å².